The summed E-state index contributed by atoms with van der Waals surface area (Å²) in [6.07, 6.45) is 12.6. The van der Waals surface area contributed by atoms with Gasteiger partial charge in [-0.05, 0) is 12.2 Å². The molecule has 0 saturated carbocycles. The van der Waals surface area contributed by atoms with E-state index in [1.807, 2.05) is 18.2 Å². The first-order valence-corrected chi connectivity index (χ1v) is 3.35. The van der Waals surface area contributed by atoms with Crippen LogP contribution in [-0.4, -0.2) is 6.61 Å². The average molecular weight is 134 g/mol. The molecule has 0 spiro atoms. The van der Waals surface area contributed by atoms with Gasteiger partial charge in [-0.15, -0.1) is 12.3 Å². The van der Waals surface area contributed by atoms with Gasteiger partial charge in [0.2, 0.25) is 0 Å². The minimum absolute atomic E-state index is 0.691. The van der Waals surface area contributed by atoms with Crippen LogP contribution in [0, 0.1) is 12.3 Å². The molecule has 0 aromatic carbocycles. The minimum atomic E-state index is 0.691. The van der Waals surface area contributed by atoms with Crippen LogP contribution in [0.2, 0.25) is 0 Å². The van der Waals surface area contributed by atoms with Crippen LogP contribution in [0.4, 0.5) is 0 Å². The van der Waals surface area contributed by atoms with Crippen LogP contribution >= 0.6 is 0 Å². The lowest BCUT2D eigenvalue weighted by Gasteiger charge is -2.08. The van der Waals surface area contributed by atoms with E-state index in [0.717, 1.165) is 18.6 Å². The van der Waals surface area contributed by atoms with Crippen molar-refractivity contribution in [2.45, 2.75) is 12.8 Å². The predicted molar refractivity (Wildman–Crippen MR) is 41.2 cm³/mol. The van der Waals surface area contributed by atoms with Gasteiger partial charge in [-0.1, -0.05) is 6.08 Å². The molecule has 1 aliphatic heterocycles. The van der Waals surface area contributed by atoms with E-state index in [9.17, 15) is 0 Å². The van der Waals surface area contributed by atoms with Gasteiger partial charge < -0.3 is 4.74 Å². The Morgan fingerprint density at radius 3 is 3.20 bits per heavy atom. The second-order valence-corrected chi connectivity index (χ2v) is 2.08. The summed E-state index contributed by atoms with van der Waals surface area (Å²) in [5, 5.41) is 0. The first-order valence-electron chi connectivity index (χ1n) is 3.35. The molecule has 1 rings (SSSR count). The molecule has 0 radical (unpaired) electrons. The summed E-state index contributed by atoms with van der Waals surface area (Å²) >= 11 is 0. The van der Waals surface area contributed by atoms with Crippen LogP contribution in [0.25, 0.3) is 0 Å². The van der Waals surface area contributed by atoms with Crippen LogP contribution < -0.4 is 0 Å². The third kappa shape index (κ3) is 1.99. The highest BCUT2D eigenvalue weighted by atomic mass is 16.5. The Hall–Kier alpha value is -1.16. The molecular formula is C9H10O. The Labute approximate surface area is 61.4 Å². The third-order valence-electron chi connectivity index (χ3n) is 1.30. The Morgan fingerprint density at radius 2 is 2.60 bits per heavy atom. The molecule has 1 heterocycles. The summed E-state index contributed by atoms with van der Waals surface area (Å²) in [5.74, 6) is 3.57. The molecule has 0 fully saturated rings. The fourth-order valence-electron chi connectivity index (χ4n) is 0.785. The van der Waals surface area contributed by atoms with E-state index in [2.05, 4.69) is 5.92 Å². The molecule has 0 atom stereocenters. The summed E-state index contributed by atoms with van der Waals surface area (Å²) in [5.41, 5.74) is 0. The number of ether oxygens (including phenoxy) is 1. The van der Waals surface area contributed by atoms with Crippen molar-refractivity contribution >= 4 is 0 Å². The maximum Gasteiger partial charge on any atom is 0.106 e. The van der Waals surface area contributed by atoms with Crippen molar-refractivity contribution in [2.24, 2.45) is 0 Å². The molecule has 0 aromatic rings. The highest BCUT2D eigenvalue weighted by Crippen LogP contribution is 2.09. The van der Waals surface area contributed by atoms with E-state index in [-0.39, 0.29) is 0 Å². The zero-order valence-corrected chi connectivity index (χ0v) is 5.84. The van der Waals surface area contributed by atoms with Gasteiger partial charge in [0.15, 0.2) is 0 Å². The monoisotopic (exact) mass is 134 g/mol. The van der Waals surface area contributed by atoms with Gasteiger partial charge in [0, 0.05) is 12.8 Å². The van der Waals surface area contributed by atoms with Gasteiger partial charge in [-0.25, -0.2) is 0 Å². The molecule has 0 N–H and O–H groups in total. The molecule has 0 aliphatic carbocycles. The fourth-order valence-corrected chi connectivity index (χ4v) is 0.785. The van der Waals surface area contributed by atoms with Gasteiger partial charge in [-0.3, -0.25) is 0 Å². The minimum Gasteiger partial charge on any atom is -0.494 e. The lowest BCUT2D eigenvalue weighted by molar-refractivity contribution is 0.233. The zero-order valence-electron chi connectivity index (χ0n) is 5.84. The van der Waals surface area contributed by atoms with Crippen LogP contribution in [0.15, 0.2) is 24.0 Å². The maximum atomic E-state index is 5.26. The van der Waals surface area contributed by atoms with E-state index >= 15 is 0 Å². The second kappa shape index (κ2) is 3.79. The molecule has 10 heavy (non-hydrogen) atoms. The predicted octanol–water partition coefficient (Wildman–Crippen LogP) is 1.87. The topological polar surface area (TPSA) is 9.23 Å². The molecule has 1 nitrogen and oxygen atoms in total. The van der Waals surface area contributed by atoms with Gasteiger partial charge in [0.1, 0.15) is 6.61 Å². The largest absolute Gasteiger partial charge is 0.494 e. The van der Waals surface area contributed by atoms with Gasteiger partial charge in [0.05, 0.1) is 5.76 Å². The van der Waals surface area contributed by atoms with Gasteiger partial charge in [-0.2, -0.15) is 0 Å². The highest BCUT2D eigenvalue weighted by Gasteiger charge is 1.97. The molecule has 0 amide bonds. The standard InChI is InChI=1S/C9H10O/c1-2-3-6-9-7-4-5-8-10-9/h1,4-5,7H,3,6,8H2. The molecule has 0 aromatic heterocycles. The van der Waals surface area contributed by atoms with Gasteiger partial charge in [0.25, 0.3) is 0 Å². The maximum absolute atomic E-state index is 5.26. The van der Waals surface area contributed by atoms with E-state index < -0.39 is 0 Å². The first kappa shape index (κ1) is 6.95. The third-order valence-corrected chi connectivity index (χ3v) is 1.30. The lowest BCUT2D eigenvalue weighted by atomic mass is 10.2. The quantitative estimate of drug-likeness (QED) is 0.524. The molecule has 0 saturated heterocycles. The van der Waals surface area contributed by atoms with Crippen molar-refractivity contribution < 1.29 is 4.74 Å². The molecule has 1 heteroatoms. The van der Waals surface area contributed by atoms with E-state index in [1.165, 1.54) is 0 Å². The summed E-state index contributed by atoms with van der Waals surface area (Å²) in [6.45, 7) is 0.691. The Balaban J connectivity index is 2.34. The van der Waals surface area contributed by atoms with Crippen molar-refractivity contribution in [1.82, 2.24) is 0 Å². The van der Waals surface area contributed by atoms with Crippen LogP contribution in [0.1, 0.15) is 12.8 Å². The number of hydrogen-bond acceptors (Lipinski definition) is 1. The lowest BCUT2D eigenvalue weighted by Crippen LogP contribution is -1.95. The number of terminal acetylenes is 1. The normalized spacial score (nSPS) is 15.3. The SMILES string of the molecule is C#CCCC1=CC=CCO1. The summed E-state index contributed by atoms with van der Waals surface area (Å²) in [4.78, 5) is 0. The van der Waals surface area contributed by atoms with Crippen LogP contribution in [0.3, 0.4) is 0 Å². The fraction of sp³-hybridized carbons (Fsp3) is 0.333. The van der Waals surface area contributed by atoms with E-state index in [1.54, 1.807) is 0 Å². The molecular weight excluding hydrogens is 124 g/mol. The number of rotatable bonds is 2. The Kier molecular flexibility index (Phi) is 2.63. The van der Waals surface area contributed by atoms with E-state index in [0.29, 0.717) is 6.61 Å². The van der Waals surface area contributed by atoms with Crippen LogP contribution in [0.5, 0.6) is 0 Å². The Bertz CT molecular complexity index is 193. The smallest absolute Gasteiger partial charge is 0.106 e. The molecule has 0 bridgehead atoms. The van der Waals surface area contributed by atoms with Crippen molar-refractivity contribution in [1.29, 1.82) is 0 Å². The summed E-state index contributed by atoms with van der Waals surface area (Å²) in [6, 6.07) is 0. The molecule has 0 unspecified atom stereocenters. The van der Waals surface area contributed by atoms with Gasteiger partial charge >= 0.3 is 0 Å². The average Bonchev–Trinajstić information content (AvgIpc) is 2.03. The molecule has 52 valence electrons. The Morgan fingerprint density at radius 1 is 1.70 bits per heavy atom. The van der Waals surface area contributed by atoms with Crippen molar-refractivity contribution in [2.75, 3.05) is 6.61 Å². The number of allylic oxidation sites excluding steroid dienone is 3. The van der Waals surface area contributed by atoms with Crippen molar-refractivity contribution in [3.8, 4) is 12.3 Å². The highest BCUT2D eigenvalue weighted by molar-refractivity contribution is 5.12. The summed E-state index contributed by atoms with van der Waals surface area (Å²) in [7, 11) is 0. The number of hydrogen-bond donors (Lipinski definition) is 0. The van der Waals surface area contributed by atoms with Crippen LogP contribution in [-0.2, 0) is 4.74 Å². The molecule has 1 aliphatic rings. The summed E-state index contributed by atoms with van der Waals surface area (Å²) < 4.78 is 5.26. The van der Waals surface area contributed by atoms with Crippen molar-refractivity contribution in [3.63, 3.8) is 0 Å². The first-order chi connectivity index (χ1) is 4.93. The van der Waals surface area contributed by atoms with E-state index in [4.69, 9.17) is 11.2 Å². The second-order valence-electron chi connectivity index (χ2n) is 2.08. The zero-order chi connectivity index (χ0) is 7.23. The van der Waals surface area contributed by atoms with Crippen molar-refractivity contribution in [3.05, 3.63) is 24.0 Å².